The molecule has 0 aliphatic carbocycles. The first-order valence-electron chi connectivity index (χ1n) is 7.09. The zero-order chi connectivity index (χ0) is 11.7. The third kappa shape index (κ3) is 2.39. The number of nitrogens with zero attached hydrogens (tertiary/aromatic N) is 2. The molecule has 3 heteroatoms. The van der Waals surface area contributed by atoms with Crippen molar-refractivity contribution in [2.45, 2.75) is 51.5 Å². The molecule has 0 bridgehead atoms. The van der Waals surface area contributed by atoms with E-state index in [0.29, 0.717) is 5.92 Å². The predicted octanol–water partition coefficient (Wildman–Crippen LogP) is 2.32. The molecule has 2 aliphatic rings. The number of hydrogen-bond donors (Lipinski definition) is 1. The van der Waals surface area contributed by atoms with Gasteiger partial charge < -0.3 is 9.88 Å². The Kier molecular flexibility index (Phi) is 3.19. The van der Waals surface area contributed by atoms with Crippen LogP contribution in [0, 0.1) is 5.92 Å². The minimum atomic E-state index is 0.655. The van der Waals surface area contributed by atoms with Crippen LogP contribution >= 0.6 is 0 Å². The van der Waals surface area contributed by atoms with Crippen LogP contribution < -0.4 is 5.32 Å². The van der Waals surface area contributed by atoms with E-state index >= 15 is 0 Å². The molecule has 0 amide bonds. The Morgan fingerprint density at radius 1 is 1.41 bits per heavy atom. The first kappa shape index (κ1) is 11.3. The van der Waals surface area contributed by atoms with Crippen molar-refractivity contribution in [2.24, 2.45) is 5.92 Å². The summed E-state index contributed by atoms with van der Waals surface area (Å²) < 4.78 is 2.39. The van der Waals surface area contributed by atoms with E-state index in [1.807, 2.05) is 0 Å². The first-order chi connectivity index (χ1) is 8.33. The van der Waals surface area contributed by atoms with Crippen LogP contribution in [-0.2, 0) is 13.0 Å². The molecular formula is C14H23N3. The van der Waals surface area contributed by atoms with Crippen LogP contribution in [0.4, 0.5) is 0 Å². The molecule has 1 saturated heterocycles. The average molecular weight is 233 g/mol. The fraction of sp³-hybridized carbons (Fsp3) is 0.786. The van der Waals surface area contributed by atoms with E-state index in [2.05, 4.69) is 23.0 Å². The zero-order valence-corrected chi connectivity index (χ0v) is 10.8. The second-order valence-electron chi connectivity index (χ2n) is 5.74. The second-order valence-corrected chi connectivity index (χ2v) is 5.74. The highest BCUT2D eigenvalue weighted by atomic mass is 15.1. The summed E-state index contributed by atoms with van der Waals surface area (Å²) in [4.78, 5) is 4.86. The van der Waals surface area contributed by atoms with Gasteiger partial charge in [-0.25, -0.2) is 4.98 Å². The lowest BCUT2D eigenvalue weighted by Crippen LogP contribution is -2.30. The van der Waals surface area contributed by atoms with Crippen LogP contribution in [0.25, 0.3) is 0 Å². The minimum Gasteiger partial charge on any atom is -0.334 e. The summed E-state index contributed by atoms with van der Waals surface area (Å²) in [6.45, 7) is 5.87. The molecule has 3 rings (SSSR count). The largest absolute Gasteiger partial charge is 0.334 e. The van der Waals surface area contributed by atoms with Gasteiger partial charge in [-0.3, -0.25) is 0 Å². The van der Waals surface area contributed by atoms with Crippen LogP contribution in [0.1, 0.15) is 50.0 Å². The van der Waals surface area contributed by atoms with E-state index in [4.69, 9.17) is 4.98 Å². The van der Waals surface area contributed by atoms with Gasteiger partial charge in [-0.2, -0.15) is 0 Å². The van der Waals surface area contributed by atoms with E-state index in [1.165, 1.54) is 63.3 Å². The van der Waals surface area contributed by atoms with Crippen molar-refractivity contribution < 1.29 is 0 Å². The van der Waals surface area contributed by atoms with Gasteiger partial charge >= 0.3 is 0 Å². The molecule has 1 aromatic heterocycles. The molecule has 94 valence electrons. The Balaban J connectivity index is 1.71. The topological polar surface area (TPSA) is 29.9 Å². The summed E-state index contributed by atoms with van der Waals surface area (Å²) in [5, 5.41) is 3.49. The second kappa shape index (κ2) is 4.81. The molecule has 0 radical (unpaired) electrons. The Bertz CT molecular complexity index is 377. The quantitative estimate of drug-likeness (QED) is 0.849. The van der Waals surface area contributed by atoms with Crippen LogP contribution in [0.5, 0.6) is 0 Å². The van der Waals surface area contributed by atoms with Crippen molar-refractivity contribution in [1.82, 2.24) is 14.9 Å². The standard InChI is InChI=1S/C14H23N3/c1-11-4-3-7-17-10-13(16-14(11)17)8-12-5-2-6-15-9-12/h10-12,15H,2-9H2,1H3. The lowest BCUT2D eigenvalue weighted by molar-refractivity contribution is 0.374. The molecule has 1 N–H and O–H groups in total. The molecule has 1 aromatic rings. The smallest absolute Gasteiger partial charge is 0.111 e. The van der Waals surface area contributed by atoms with Crippen molar-refractivity contribution in [3.05, 3.63) is 17.7 Å². The fourth-order valence-corrected chi connectivity index (χ4v) is 3.25. The van der Waals surface area contributed by atoms with Crippen molar-refractivity contribution in [2.75, 3.05) is 13.1 Å². The van der Waals surface area contributed by atoms with Gasteiger partial charge in [0.05, 0.1) is 5.69 Å². The number of aryl methyl sites for hydroxylation is 1. The summed E-state index contributed by atoms with van der Waals surface area (Å²) in [7, 11) is 0. The van der Waals surface area contributed by atoms with Gasteiger partial charge in [-0.15, -0.1) is 0 Å². The van der Waals surface area contributed by atoms with Crippen LogP contribution in [0.3, 0.4) is 0 Å². The van der Waals surface area contributed by atoms with Crippen LogP contribution in [-0.4, -0.2) is 22.6 Å². The summed E-state index contributed by atoms with van der Waals surface area (Å²) in [5.74, 6) is 2.79. The lowest BCUT2D eigenvalue weighted by atomic mass is 9.95. The Hall–Kier alpha value is -0.830. The maximum atomic E-state index is 4.86. The predicted molar refractivity (Wildman–Crippen MR) is 69.2 cm³/mol. The van der Waals surface area contributed by atoms with Gasteiger partial charge in [0, 0.05) is 18.7 Å². The fourth-order valence-electron chi connectivity index (χ4n) is 3.25. The molecule has 0 aromatic carbocycles. The number of fused-ring (bicyclic) bond motifs is 1. The molecule has 2 unspecified atom stereocenters. The van der Waals surface area contributed by atoms with E-state index in [1.54, 1.807) is 0 Å². The van der Waals surface area contributed by atoms with Crippen LogP contribution in [0.15, 0.2) is 6.20 Å². The summed E-state index contributed by atoms with van der Waals surface area (Å²) in [6, 6.07) is 0. The molecule has 2 aliphatic heterocycles. The monoisotopic (exact) mass is 233 g/mol. The Labute approximate surface area is 104 Å². The summed E-state index contributed by atoms with van der Waals surface area (Å²) in [5.41, 5.74) is 1.32. The van der Waals surface area contributed by atoms with Gasteiger partial charge in [0.2, 0.25) is 0 Å². The molecule has 3 heterocycles. The molecule has 2 atom stereocenters. The van der Waals surface area contributed by atoms with Crippen molar-refractivity contribution in [1.29, 1.82) is 0 Å². The third-order valence-electron chi connectivity index (χ3n) is 4.23. The summed E-state index contributed by atoms with van der Waals surface area (Å²) in [6.07, 6.45) is 8.79. The molecule has 0 spiro atoms. The molecule has 3 nitrogen and oxygen atoms in total. The highest BCUT2D eigenvalue weighted by Gasteiger charge is 2.21. The van der Waals surface area contributed by atoms with E-state index in [0.717, 1.165) is 5.92 Å². The van der Waals surface area contributed by atoms with Gasteiger partial charge in [-0.1, -0.05) is 6.92 Å². The highest BCUT2D eigenvalue weighted by Crippen LogP contribution is 2.27. The van der Waals surface area contributed by atoms with Gasteiger partial charge in [0.25, 0.3) is 0 Å². The van der Waals surface area contributed by atoms with E-state index < -0.39 is 0 Å². The maximum absolute atomic E-state index is 4.86. The third-order valence-corrected chi connectivity index (χ3v) is 4.23. The highest BCUT2D eigenvalue weighted by molar-refractivity contribution is 5.10. The van der Waals surface area contributed by atoms with Crippen molar-refractivity contribution in [3.8, 4) is 0 Å². The molecule has 0 saturated carbocycles. The minimum absolute atomic E-state index is 0.655. The van der Waals surface area contributed by atoms with Crippen molar-refractivity contribution in [3.63, 3.8) is 0 Å². The van der Waals surface area contributed by atoms with Gasteiger partial charge in [0.1, 0.15) is 5.82 Å². The number of aromatic nitrogens is 2. The van der Waals surface area contributed by atoms with Crippen molar-refractivity contribution >= 4 is 0 Å². The number of rotatable bonds is 2. The zero-order valence-electron chi connectivity index (χ0n) is 10.8. The van der Waals surface area contributed by atoms with Gasteiger partial charge in [0.15, 0.2) is 0 Å². The first-order valence-corrected chi connectivity index (χ1v) is 7.09. The Morgan fingerprint density at radius 2 is 2.35 bits per heavy atom. The normalized spacial score (nSPS) is 29.0. The summed E-state index contributed by atoms with van der Waals surface area (Å²) >= 11 is 0. The number of nitrogens with one attached hydrogen (secondary N) is 1. The lowest BCUT2D eigenvalue weighted by Gasteiger charge is -2.21. The Morgan fingerprint density at radius 3 is 3.12 bits per heavy atom. The molecular weight excluding hydrogens is 210 g/mol. The maximum Gasteiger partial charge on any atom is 0.111 e. The van der Waals surface area contributed by atoms with E-state index in [-0.39, 0.29) is 0 Å². The molecule has 1 fully saturated rings. The molecule has 17 heavy (non-hydrogen) atoms. The number of hydrogen-bond acceptors (Lipinski definition) is 2. The SMILES string of the molecule is CC1CCCn2cc(CC3CCCNC3)nc21. The van der Waals surface area contributed by atoms with E-state index in [9.17, 15) is 0 Å². The average Bonchev–Trinajstić information content (AvgIpc) is 2.74. The van der Waals surface area contributed by atoms with Gasteiger partial charge in [-0.05, 0) is 51.1 Å². The number of imidazole rings is 1. The number of piperidine rings is 1. The van der Waals surface area contributed by atoms with Crippen LogP contribution in [0.2, 0.25) is 0 Å².